The predicted octanol–water partition coefficient (Wildman–Crippen LogP) is 3.75. The SMILES string of the molecule is O=C(NCCCCC(OCc1ccccc1)C(=O)O)OCc1ccccc1. The smallest absolute Gasteiger partial charge is 0.407 e. The number of carbonyl (C=O) groups is 2. The van der Waals surface area contributed by atoms with Crippen LogP contribution in [0.5, 0.6) is 0 Å². The second-order valence-corrected chi connectivity index (χ2v) is 6.11. The molecule has 1 unspecified atom stereocenters. The minimum atomic E-state index is -0.971. The average Bonchev–Trinajstić information content (AvgIpc) is 2.69. The molecule has 144 valence electrons. The highest BCUT2D eigenvalue weighted by Crippen LogP contribution is 2.09. The zero-order chi connectivity index (χ0) is 19.3. The van der Waals surface area contributed by atoms with Gasteiger partial charge < -0.3 is 19.9 Å². The monoisotopic (exact) mass is 371 g/mol. The van der Waals surface area contributed by atoms with Gasteiger partial charge in [0.2, 0.25) is 0 Å². The number of hydrogen-bond donors (Lipinski definition) is 2. The largest absolute Gasteiger partial charge is 0.479 e. The first kappa shape index (κ1) is 20.5. The second kappa shape index (κ2) is 11.7. The zero-order valence-corrected chi connectivity index (χ0v) is 15.2. The van der Waals surface area contributed by atoms with Gasteiger partial charge in [-0.2, -0.15) is 0 Å². The van der Waals surface area contributed by atoms with E-state index in [9.17, 15) is 14.7 Å². The Balaban J connectivity index is 1.58. The van der Waals surface area contributed by atoms with Crippen LogP contribution in [-0.4, -0.2) is 29.8 Å². The lowest BCUT2D eigenvalue weighted by Crippen LogP contribution is -2.26. The van der Waals surface area contributed by atoms with Gasteiger partial charge in [-0.1, -0.05) is 60.7 Å². The fraction of sp³-hybridized carbons (Fsp3) is 0.333. The van der Waals surface area contributed by atoms with Crippen LogP contribution in [0.4, 0.5) is 4.79 Å². The summed E-state index contributed by atoms with van der Waals surface area (Å²) in [6.45, 7) is 0.918. The van der Waals surface area contributed by atoms with Gasteiger partial charge in [0.25, 0.3) is 0 Å². The van der Waals surface area contributed by atoms with Crippen molar-refractivity contribution in [1.29, 1.82) is 0 Å². The summed E-state index contributed by atoms with van der Waals surface area (Å²) >= 11 is 0. The minimum Gasteiger partial charge on any atom is -0.479 e. The van der Waals surface area contributed by atoms with E-state index in [0.29, 0.717) is 25.8 Å². The molecule has 0 aromatic heterocycles. The molecule has 0 radical (unpaired) electrons. The Labute approximate surface area is 159 Å². The van der Waals surface area contributed by atoms with Crippen molar-refractivity contribution in [2.24, 2.45) is 0 Å². The molecular formula is C21H25NO5. The molecule has 0 heterocycles. The van der Waals surface area contributed by atoms with Gasteiger partial charge >= 0.3 is 12.1 Å². The number of alkyl carbamates (subject to hydrolysis) is 1. The molecule has 0 aliphatic rings. The fourth-order valence-corrected chi connectivity index (χ4v) is 2.47. The number of carbonyl (C=O) groups excluding carboxylic acids is 1. The molecule has 2 aromatic rings. The minimum absolute atomic E-state index is 0.223. The second-order valence-electron chi connectivity index (χ2n) is 6.11. The Kier molecular flexibility index (Phi) is 8.86. The summed E-state index contributed by atoms with van der Waals surface area (Å²) in [5.74, 6) is -0.971. The first-order valence-electron chi connectivity index (χ1n) is 8.98. The number of benzene rings is 2. The van der Waals surface area contributed by atoms with Crippen LogP contribution in [0.25, 0.3) is 0 Å². The highest BCUT2D eigenvalue weighted by molar-refractivity contribution is 5.72. The number of amides is 1. The Bertz CT molecular complexity index is 690. The van der Waals surface area contributed by atoms with E-state index in [4.69, 9.17) is 9.47 Å². The van der Waals surface area contributed by atoms with E-state index in [1.54, 1.807) is 0 Å². The number of aliphatic carboxylic acids is 1. The van der Waals surface area contributed by atoms with E-state index in [1.165, 1.54) is 0 Å². The number of carboxylic acid groups (broad SMARTS) is 1. The van der Waals surface area contributed by atoms with Gasteiger partial charge in [-0.25, -0.2) is 9.59 Å². The van der Waals surface area contributed by atoms with Crippen molar-refractivity contribution in [1.82, 2.24) is 5.32 Å². The van der Waals surface area contributed by atoms with E-state index in [-0.39, 0.29) is 13.2 Å². The summed E-state index contributed by atoms with van der Waals surface area (Å²) < 4.78 is 10.6. The molecule has 0 bridgehead atoms. The van der Waals surface area contributed by atoms with Crippen LogP contribution >= 0.6 is 0 Å². The highest BCUT2D eigenvalue weighted by Gasteiger charge is 2.17. The Morgan fingerprint density at radius 3 is 2.07 bits per heavy atom. The molecule has 0 saturated heterocycles. The fourth-order valence-electron chi connectivity index (χ4n) is 2.47. The standard InChI is InChI=1S/C21H25NO5/c23-20(24)19(26-15-17-9-3-1-4-10-17)13-7-8-14-22-21(25)27-16-18-11-5-2-6-12-18/h1-6,9-12,19H,7-8,13-16H2,(H,22,25)(H,23,24). The molecule has 1 amide bonds. The molecular weight excluding hydrogens is 346 g/mol. The van der Waals surface area contributed by atoms with Gasteiger partial charge in [-0.15, -0.1) is 0 Å². The molecule has 0 saturated carbocycles. The van der Waals surface area contributed by atoms with Crippen molar-refractivity contribution in [3.8, 4) is 0 Å². The molecule has 1 atom stereocenters. The molecule has 2 aromatic carbocycles. The summed E-state index contributed by atoms with van der Waals surface area (Å²) in [6, 6.07) is 18.9. The summed E-state index contributed by atoms with van der Waals surface area (Å²) in [7, 11) is 0. The maximum Gasteiger partial charge on any atom is 0.407 e. The van der Waals surface area contributed by atoms with Gasteiger partial charge in [0.1, 0.15) is 6.61 Å². The van der Waals surface area contributed by atoms with Gasteiger partial charge in [0.15, 0.2) is 6.10 Å². The van der Waals surface area contributed by atoms with Crippen molar-refractivity contribution in [3.05, 3.63) is 71.8 Å². The number of unbranched alkanes of at least 4 members (excludes halogenated alkanes) is 1. The van der Waals surface area contributed by atoms with E-state index in [0.717, 1.165) is 11.1 Å². The quantitative estimate of drug-likeness (QED) is 0.588. The molecule has 2 N–H and O–H groups in total. The number of hydrogen-bond acceptors (Lipinski definition) is 4. The predicted molar refractivity (Wildman–Crippen MR) is 101 cm³/mol. The first-order chi connectivity index (χ1) is 13.1. The Morgan fingerprint density at radius 2 is 1.48 bits per heavy atom. The molecule has 6 nitrogen and oxygen atoms in total. The highest BCUT2D eigenvalue weighted by atomic mass is 16.5. The molecule has 27 heavy (non-hydrogen) atoms. The third-order valence-corrected chi connectivity index (χ3v) is 3.94. The van der Waals surface area contributed by atoms with Crippen molar-refractivity contribution in [2.45, 2.75) is 38.6 Å². The number of ether oxygens (including phenoxy) is 2. The van der Waals surface area contributed by atoms with Gasteiger partial charge in [-0.05, 0) is 30.4 Å². The van der Waals surface area contributed by atoms with Crippen LogP contribution in [0, 0.1) is 0 Å². The lowest BCUT2D eigenvalue weighted by Gasteiger charge is -2.14. The third-order valence-electron chi connectivity index (χ3n) is 3.94. The van der Waals surface area contributed by atoms with Gasteiger partial charge in [0.05, 0.1) is 6.61 Å². The molecule has 0 fully saturated rings. The molecule has 0 aliphatic heterocycles. The molecule has 2 rings (SSSR count). The normalized spacial score (nSPS) is 11.6. The van der Waals surface area contributed by atoms with E-state index in [1.807, 2.05) is 60.7 Å². The van der Waals surface area contributed by atoms with Crippen LogP contribution in [0.15, 0.2) is 60.7 Å². The van der Waals surface area contributed by atoms with Crippen LogP contribution in [-0.2, 0) is 27.5 Å². The maximum atomic E-state index is 11.6. The number of nitrogens with one attached hydrogen (secondary N) is 1. The van der Waals surface area contributed by atoms with Gasteiger partial charge in [-0.3, -0.25) is 0 Å². The van der Waals surface area contributed by atoms with Crippen molar-refractivity contribution < 1.29 is 24.2 Å². The molecule has 6 heteroatoms. The number of rotatable bonds is 11. The lowest BCUT2D eigenvalue weighted by molar-refractivity contribution is -0.151. The van der Waals surface area contributed by atoms with Crippen LogP contribution in [0.3, 0.4) is 0 Å². The van der Waals surface area contributed by atoms with Crippen LogP contribution in [0.2, 0.25) is 0 Å². The van der Waals surface area contributed by atoms with Crippen molar-refractivity contribution >= 4 is 12.1 Å². The molecule has 0 spiro atoms. The average molecular weight is 371 g/mol. The Hall–Kier alpha value is -2.86. The lowest BCUT2D eigenvalue weighted by atomic mass is 10.1. The first-order valence-corrected chi connectivity index (χ1v) is 8.98. The van der Waals surface area contributed by atoms with Crippen LogP contribution in [0.1, 0.15) is 30.4 Å². The van der Waals surface area contributed by atoms with Gasteiger partial charge in [0, 0.05) is 6.54 Å². The zero-order valence-electron chi connectivity index (χ0n) is 15.2. The summed E-state index contributed by atoms with van der Waals surface area (Å²) in [4.78, 5) is 22.9. The van der Waals surface area contributed by atoms with E-state index < -0.39 is 18.2 Å². The number of carboxylic acids is 1. The van der Waals surface area contributed by atoms with E-state index in [2.05, 4.69) is 5.32 Å². The van der Waals surface area contributed by atoms with E-state index >= 15 is 0 Å². The summed E-state index contributed by atoms with van der Waals surface area (Å²) in [5, 5.41) is 11.9. The Morgan fingerprint density at radius 1 is 0.889 bits per heavy atom. The van der Waals surface area contributed by atoms with Crippen molar-refractivity contribution in [3.63, 3.8) is 0 Å². The van der Waals surface area contributed by atoms with Crippen molar-refractivity contribution in [2.75, 3.05) is 6.54 Å². The summed E-state index contributed by atoms with van der Waals surface area (Å²) in [6.07, 6.45) is 0.344. The topological polar surface area (TPSA) is 84.9 Å². The van der Waals surface area contributed by atoms with Crippen LogP contribution < -0.4 is 5.32 Å². The molecule has 0 aliphatic carbocycles. The third kappa shape index (κ3) is 8.37. The maximum absolute atomic E-state index is 11.6. The summed E-state index contributed by atoms with van der Waals surface area (Å²) in [5.41, 5.74) is 1.86.